The maximum absolute atomic E-state index is 12.2. The van der Waals surface area contributed by atoms with Gasteiger partial charge in [0, 0.05) is 11.8 Å². The van der Waals surface area contributed by atoms with Gasteiger partial charge < -0.3 is 5.32 Å². The normalized spacial score (nSPS) is 21.2. The Balaban J connectivity index is 2.28. The first kappa shape index (κ1) is 14.8. The second-order valence-electron chi connectivity index (χ2n) is 4.35. The molecule has 1 amide bonds. The second-order valence-corrected chi connectivity index (χ2v) is 6.24. The van der Waals surface area contributed by atoms with Crippen LogP contribution in [0, 0.1) is 21.4 Å². The van der Waals surface area contributed by atoms with E-state index in [0.717, 1.165) is 5.75 Å². The molecule has 1 aromatic carbocycles. The van der Waals surface area contributed by atoms with Crippen LogP contribution in [0.3, 0.4) is 0 Å². The zero-order valence-electron chi connectivity index (χ0n) is 10.3. The Labute approximate surface area is 127 Å². The summed E-state index contributed by atoms with van der Waals surface area (Å²) in [6, 6.07) is 6.38. The van der Waals surface area contributed by atoms with E-state index in [1.54, 1.807) is 11.8 Å². The average Bonchev–Trinajstić information content (AvgIpc) is 2.87. The minimum absolute atomic E-state index is 0.126. The third-order valence-electron chi connectivity index (χ3n) is 3.01. The number of hydrogen-bond donors (Lipinski definition) is 1. The fraction of sp³-hybridized carbons (Fsp3) is 0.333. The number of amides is 1. The van der Waals surface area contributed by atoms with E-state index in [1.807, 2.05) is 0 Å². The first-order valence-electron chi connectivity index (χ1n) is 5.73. The van der Waals surface area contributed by atoms with Crippen molar-refractivity contribution in [2.75, 3.05) is 11.5 Å². The maximum Gasteiger partial charge on any atom is 0.284 e. The minimum Gasteiger partial charge on any atom is -0.333 e. The number of hydrogen-bond acceptors (Lipinski definition) is 5. The van der Waals surface area contributed by atoms with Crippen LogP contribution in [0.5, 0.6) is 0 Å². The molecule has 2 rings (SSSR count). The average molecular weight is 356 g/mol. The van der Waals surface area contributed by atoms with Gasteiger partial charge in [0.15, 0.2) is 0 Å². The molecule has 1 atom stereocenters. The van der Waals surface area contributed by atoms with Gasteiger partial charge in [-0.1, -0.05) is 6.07 Å². The highest BCUT2D eigenvalue weighted by Gasteiger charge is 2.37. The van der Waals surface area contributed by atoms with Crippen LogP contribution < -0.4 is 5.32 Å². The van der Waals surface area contributed by atoms with E-state index >= 15 is 0 Å². The number of nitriles is 1. The van der Waals surface area contributed by atoms with Crippen LogP contribution in [0.4, 0.5) is 5.69 Å². The highest BCUT2D eigenvalue weighted by molar-refractivity contribution is 9.10. The third kappa shape index (κ3) is 2.78. The lowest BCUT2D eigenvalue weighted by Crippen LogP contribution is -2.47. The van der Waals surface area contributed by atoms with Crippen LogP contribution in [0.15, 0.2) is 22.7 Å². The molecule has 0 saturated carbocycles. The number of nitro benzene ring substituents is 1. The first-order chi connectivity index (χ1) is 9.49. The van der Waals surface area contributed by atoms with Crippen molar-refractivity contribution in [3.63, 3.8) is 0 Å². The van der Waals surface area contributed by atoms with Gasteiger partial charge in [0.05, 0.1) is 16.6 Å². The van der Waals surface area contributed by atoms with E-state index in [0.29, 0.717) is 12.2 Å². The van der Waals surface area contributed by atoms with Crippen LogP contribution >= 0.6 is 27.7 Å². The van der Waals surface area contributed by atoms with Crippen LogP contribution in [-0.4, -0.2) is 27.9 Å². The Hall–Kier alpha value is -1.59. The highest BCUT2D eigenvalue weighted by Crippen LogP contribution is 2.31. The van der Waals surface area contributed by atoms with Gasteiger partial charge in [0.25, 0.3) is 11.6 Å². The van der Waals surface area contributed by atoms with Crippen molar-refractivity contribution in [3.05, 3.63) is 38.3 Å². The number of carbonyl (C=O) groups excluding carboxylic acids is 1. The van der Waals surface area contributed by atoms with E-state index in [4.69, 9.17) is 0 Å². The van der Waals surface area contributed by atoms with Gasteiger partial charge >= 0.3 is 0 Å². The van der Waals surface area contributed by atoms with Gasteiger partial charge in [-0.25, -0.2) is 0 Å². The van der Waals surface area contributed by atoms with E-state index in [1.165, 1.54) is 18.2 Å². The summed E-state index contributed by atoms with van der Waals surface area (Å²) < 4.78 is 0.126. The molecular weight excluding hydrogens is 346 g/mol. The van der Waals surface area contributed by atoms with Crippen molar-refractivity contribution in [2.24, 2.45) is 0 Å². The molecule has 20 heavy (non-hydrogen) atoms. The monoisotopic (exact) mass is 355 g/mol. The number of rotatable bonds is 3. The van der Waals surface area contributed by atoms with Crippen molar-refractivity contribution in [1.29, 1.82) is 5.26 Å². The summed E-state index contributed by atoms with van der Waals surface area (Å²) in [7, 11) is 0. The summed E-state index contributed by atoms with van der Waals surface area (Å²) in [4.78, 5) is 22.5. The quantitative estimate of drug-likeness (QED) is 0.663. The lowest BCUT2D eigenvalue weighted by Gasteiger charge is -2.21. The van der Waals surface area contributed by atoms with Gasteiger partial charge in [-0.3, -0.25) is 14.9 Å². The van der Waals surface area contributed by atoms with Crippen molar-refractivity contribution in [1.82, 2.24) is 5.32 Å². The standard InChI is InChI=1S/C12H10BrN3O3S/c13-10-8(2-1-3-9(10)16(18)19)11(17)15-12(6-14)4-5-20-7-12/h1-3H,4-5,7H2,(H,15,17). The molecule has 6 nitrogen and oxygen atoms in total. The molecule has 1 saturated heterocycles. The molecule has 1 fully saturated rings. The third-order valence-corrected chi connectivity index (χ3v) is 5.03. The van der Waals surface area contributed by atoms with E-state index in [-0.39, 0.29) is 15.7 Å². The Kier molecular flexibility index (Phi) is 4.30. The summed E-state index contributed by atoms with van der Waals surface area (Å²) >= 11 is 4.68. The number of carbonyl (C=O) groups is 1. The number of benzene rings is 1. The van der Waals surface area contributed by atoms with E-state index < -0.39 is 16.4 Å². The largest absolute Gasteiger partial charge is 0.333 e. The predicted molar refractivity (Wildman–Crippen MR) is 78.5 cm³/mol. The predicted octanol–water partition coefficient (Wildman–Crippen LogP) is 2.49. The summed E-state index contributed by atoms with van der Waals surface area (Å²) in [6.07, 6.45) is 0.576. The number of nitrogens with one attached hydrogen (secondary N) is 1. The molecule has 1 N–H and O–H groups in total. The molecule has 1 unspecified atom stereocenters. The van der Waals surface area contributed by atoms with E-state index in [2.05, 4.69) is 27.3 Å². The van der Waals surface area contributed by atoms with Gasteiger partial charge in [-0.15, -0.1) is 0 Å². The first-order valence-corrected chi connectivity index (χ1v) is 7.68. The van der Waals surface area contributed by atoms with Gasteiger partial charge in [-0.2, -0.15) is 17.0 Å². The van der Waals surface area contributed by atoms with Crippen molar-refractivity contribution in [3.8, 4) is 6.07 Å². The second kappa shape index (κ2) is 5.81. The van der Waals surface area contributed by atoms with Crippen LogP contribution in [0.1, 0.15) is 16.8 Å². The summed E-state index contributed by atoms with van der Waals surface area (Å²) in [5, 5.41) is 22.8. The minimum atomic E-state index is -0.883. The van der Waals surface area contributed by atoms with Crippen LogP contribution in [0.2, 0.25) is 0 Å². The van der Waals surface area contributed by atoms with E-state index in [9.17, 15) is 20.2 Å². The number of halogens is 1. The number of nitrogens with zero attached hydrogens (tertiary/aromatic N) is 2. The molecule has 1 aliphatic rings. The van der Waals surface area contributed by atoms with Crippen molar-refractivity contribution < 1.29 is 9.72 Å². The molecule has 1 heterocycles. The van der Waals surface area contributed by atoms with Crippen molar-refractivity contribution >= 4 is 39.3 Å². The maximum atomic E-state index is 12.2. The lowest BCUT2D eigenvalue weighted by molar-refractivity contribution is -0.385. The molecular formula is C12H10BrN3O3S. The van der Waals surface area contributed by atoms with Gasteiger partial charge in [-0.05, 0) is 34.2 Å². The van der Waals surface area contributed by atoms with Gasteiger partial charge in [0.1, 0.15) is 10.0 Å². The fourth-order valence-corrected chi connectivity index (χ4v) is 3.76. The molecule has 8 heteroatoms. The topological polar surface area (TPSA) is 96.0 Å². The Morgan fingerprint density at radius 3 is 2.90 bits per heavy atom. The zero-order valence-corrected chi connectivity index (χ0v) is 12.7. The Morgan fingerprint density at radius 2 is 2.35 bits per heavy atom. The lowest BCUT2D eigenvalue weighted by atomic mass is 10.0. The molecule has 1 aromatic rings. The molecule has 1 aliphatic heterocycles. The molecule has 0 aliphatic carbocycles. The van der Waals surface area contributed by atoms with Gasteiger partial charge in [0.2, 0.25) is 0 Å². The summed E-state index contributed by atoms with van der Waals surface area (Å²) in [5.41, 5.74) is -0.901. The van der Waals surface area contributed by atoms with Crippen LogP contribution in [-0.2, 0) is 0 Å². The smallest absolute Gasteiger partial charge is 0.284 e. The number of thioether (sulfide) groups is 1. The highest BCUT2D eigenvalue weighted by atomic mass is 79.9. The molecule has 104 valence electrons. The zero-order chi connectivity index (χ0) is 14.8. The Morgan fingerprint density at radius 1 is 1.60 bits per heavy atom. The van der Waals surface area contributed by atoms with Crippen molar-refractivity contribution in [2.45, 2.75) is 12.0 Å². The molecule has 0 aromatic heterocycles. The SMILES string of the molecule is N#CC1(NC(=O)c2cccc([N+](=O)[O-])c2Br)CCSC1. The molecule has 0 bridgehead atoms. The van der Waals surface area contributed by atoms with Crippen LogP contribution in [0.25, 0.3) is 0 Å². The fourth-order valence-electron chi connectivity index (χ4n) is 1.90. The summed E-state index contributed by atoms with van der Waals surface area (Å²) in [6.45, 7) is 0. The molecule has 0 radical (unpaired) electrons. The summed E-state index contributed by atoms with van der Waals surface area (Å²) in [5.74, 6) is 0.857. The Bertz CT molecular complexity index is 608. The molecule has 0 spiro atoms. The number of nitro groups is 1.